The molecule has 0 aliphatic heterocycles. The largest absolute Gasteiger partial charge is 0.384 e. The Morgan fingerprint density at radius 1 is 1.41 bits per heavy atom. The normalized spacial score (nSPS) is 22.6. The fraction of sp³-hybridized carbons (Fsp3) is 0.800. The van der Waals surface area contributed by atoms with Crippen LogP contribution in [0.4, 0.5) is 4.79 Å². The molecule has 1 aliphatic rings. The highest BCUT2D eigenvalue weighted by Gasteiger charge is 2.30. The van der Waals surface area contributed by atoms with Crippen molar-refractivity contribution in [1.29, 1.82) is 0 Å². The second-order valence-corrected chi connectivity index (χ2v) is 6.87. The van der Waals surface area contributed by atoms with Crippen LogP contribution in [0.2, 0.25) is 0 Å². The van der Waals surface area contributed by atoms with Crippen molar-refractivity contribution in [1.82, 2.24) is 25.6 Å². The number of urea groups is 1. The molecule has 0 saturated heterocycles. The zero-order chi connectivity index (χ0) is 16.3. The number of rotatable bonds is 4. The van der Waals surface area contributed by atoms with Crippen molar-refractivity contribution < 1.29 is 9.90 Å². The second kappa shape index (κ2) is 6.64. The van der Waals surface area contributed by atoms with Crippen LogP contribution in [0.25, 0.3) is 0 Å². The van der Waals surface area contributed by atoms with Crippen molar-refractivity contribution in [2.75, 3.05) is 0 Å². The summed E-state index contributed by atoms with van der Waals surface area (Å²) in [6, 6.07) is 0.0732. The first-order valence-corrected chi connectivity index (χ1v) is 7.99. The van der Waals surface area contributed by atoms with Crippen LogP contribution >= 0.6 is 0 Å². The molecule has 3 N–H and O–H groups in total. The number of nitrogens with zero attached hydrogens (tertiary/aromatic N) is 3. The molecule has 1 aromatic rings. The summed E-state index contributed by atoms with van der Waals surface area (Å²) < 4.78 is 1.78. The van der Waals surface area contributed by atoms with Crippen molar-refractivity contribution in [2.45, 2.75) is 77.1 Å². The van der Waals surface area contributed by atoms with Gasteiger partial charge in [0.25, 0.3) is 0 Å². The van der Waals surface area contributed by atoms with Crippen molar-refractivity contribution in [2.24, 2.45) is 0 Å². The van der Waals surface area contributed by atoms with Crippen LogP contribution in [0.5, 0.6) is 0 Å². The maximum Gasteiger partial charge on any atom is 0.315 e. The van der Waals surface area contributed by atoms with E-state index < -0.39 is 5.60 Å². The van der Waals surface area contributed by atoms with E-state index >= 15 is 0 Å². The van der Waals surface area contributed by atoms with Gasteiger partial charge in [-0.3, -0.25) is 0 Å². The summed E-state index contributed by atoms with van der Waals surface area (Å²) in [4.78, 5) is 12.0. The summed E-state index contributed by atoms with van der Waals surface area (Å²) in [5.41, 5.74) is -0.464. The van der Waals surface area contributed by atoms with Crippen molar-refractivity contribution in [3.8, 4) is 0 Å². The van der Waals surface area contributed by atoms with E-state index in [9.17, 15) is 9.90 Å². The molecule has 2 atom stereocenters. The van der Waals surface area contributed by atoms with Gasteiger partial charge in [0.1, 0.15) is 11.3 Å². The number of hydrogen-bond donors (Lipinski definition) is 3. The number of amides is 2. The highest BCUT2D eigenvalue weighted by molar-refractivity contribution is 5.74. The van der Waals surface area contributed by atoms with Crippen LogP contribution < -0.4 is 10.6 Å². The SMILES string of the molecule is CC(C)NC(=O)N[C@H]1CCCC[C@H]1n1cc(C(C)(C)O)nn1. The van der Waals surface area contributed by atoms with Crippen LogP contribution in [0.1, 0.15) is 65.1 Å². The van der Waals surface area contributed by atoms with E-state index in [2.05, 4.69) is 20.9 Å². The zero-order valence-electron chi connectivity index (χ0n) is 13.8. The number of carbonyl (C=O) groups is 1. The van der Waals surface area contributed by atoms with Gasteiger partial charge in [0, 0.05) is 6.04 Å². The first kappa shape index (κ1) is 16.7. The molecule has 1 aliphatic carbocycles. The Morgan fingerprint density at radius 2 is 2.09 bits per heavy atom. The quantitative estimate of drug-likeness (QED) is 0.789. The van der Waals surface area contributed by atoms with E-state index in [1.54, 1.807) is 24.7 Å². The van der Waals surface area contributed by atoms with Gasteiger partial charge in [-0.2, -0.15) is 0 Å². The van der Waals surface area contributed by atoms with Crippen LogP contribution in [0.3, 0.4) is 0 Å². The first-order chi connectivity index (χ1) is 10.3. The predicted molar refractivity (Wildman–Crippen MR) is 83.4 cm³/mol. The number of hydrogen-bond acceptors (Lipinski definition) is 4. The smallest absolute Gasteiger partial charge is 0.315 e. The van der Waals surface area contributed by atoms with E-state index in [0.717, 1.165) is 25.7 Å². The van der Waals surface area contributed by atoms with Crippen LogP contribution in [0, 0.1) is 0 Å². The van der Waals surface area contributed by atoms with Gasteiger partial charge in [0.15, 0.2) is 0 Å². The average Bonchev–Trinajstić information content (AvgIpc) is 2.87. The summed E-state index contributed by atoms with van der Waals surface area (Å²) in [6.45, 7) is 7.25. The average molecular weight is 309 g/mol. The molecule has 0 spiro atoms. The highest BCUT2D eigenvalue weighted by Crippen LogP contribution is 2.29. The van der Waals surface area contributed by atoms with Gasteiger partial charge >= 0.3 is 6.03 Å². The molecule has 1 aromatic heterocycles. The minimum atomic E-state index is -1.01. The molecular weight excluding hydrogens is 282 g/mol. The molecule has 2 rings (SSSR count). The second-order valence-electron chi connectivity index (χ2n) is 6.87. The number of aromatic nitrogens is 3. The number of nitrogens with one attached hydrogen (secondary N) is 2. The molecule has 7 heteroatoms. The minimum Gasteiger partial charge on any atom is -0.384 e. The first-order valence-electron chi connectivity index (χ1n) is 7.99. The van der Waals surface area contributed by atoms with Crippen molar-refractivity contribution in [3.05, 3.63) is 11.9 Å². The van der Waals surface area contributed by atoms with Gasteiger partial charge in [-0.25, -0.2) is 9.48 Å². The van der Waals surface area contributed by atoms with E-state index in [-0.39, 0.29) is 24.2 Å². The standard InChI is InChI=1S/C15H27N5O2/c1-10(2)16-14(21)17-11-7-5-6-8-12(11)20-9-13(18-19-20)15(3,4)22/h9-12,22H,5-8H2,1-4H3,(H2,16,17,21)/t11-,12+/m0/s1. The monoisotopic (exact) mass is 309 g/mol. The Labute approximate surface area is 131 Å². The molecule has 1 fully saturated rings. The Kier molecular flexibility index (Phi) is 5.05. The van der Waals surface area contributed by atoms with Gasteiger partial charge < -0.3 is 15.7 Å². The summed E-state index contributed by atoms with van der Waals surface area (Å²) in [6.07, 6.45) is 5.85. The number of carbonyl (C=O) groups excluding carboxylic acids is 1. The molecule has 0 aromatic carbocycles. The van der Waals surface area contributed by atoms with Crippen LogP contribution in [0.15, 0.2) is 6.20 Å². The summed E-state index contributed by atoms with van der Waals surface area (Å²) >= 11 is 0. The maximum absolute atomic E-state index is 12.0. The van der Waals surface area contributed by atoms with Crippen molar-refractivity contribution in [3.63, 3.8) is 0 Å². The lowest BCUT2D eigenvalue weighted by atomic mass is 9.90. The van der Waals surface area contributed by atoms with Gasteiger partial charge in [0.05, 0.1) is 18.3 Å². The van der Waals surface area contributed by atoms with E-state index in [0.29, 0.717) is 5.69 Å². The third kappa shape index (κ3) is 4.19. The molecule has 0 radical (unpaired) electrons. The zero-order valence-corrected chi connectivity index (χ0v) is 13.8. The fourth-order valence-corrected chi connectivity index (χ4v) is 2.79. The van der Waals surface area contributed by atoms with E-state index in [4.69, 9.17) is 0 Å². The van der Waals surface area contributed by atoms with E-state index in [1.807, 2.05) is 13.8 Å². The maximum atomic E-state index is 12.0. The molecule has 0 bridgehead atoms. The minimum absolute atomic E-state index is 0.0313. The van der Waals surface area contributed by atoms with Crippen molar-refractivity contribution >= 4 is 6.03 Å². The molecular formula is C15H27N5O2. The molecule has 1 heterocycles. The topological polar surface area (TPSA) is 92.1 Å². The molecule has 2 amide bonds. The summed E-state index contributed by atoms with van der Waals surface area (Å²) in [7, 11) is 0. The van der Waals surface area contributed by atoms with Gasteiger partial charge in [0.2, 0.25) is 0 Å². The third-order valence-electron chi connectivity index (χ3n) is 3.94. The van der Waals surface area contributed by atoms with Gasteiger partial charge in [-0.15, -0.1) is 5.10 Å². The predicted octanol–water partition coefficient (Wildman–Crippen LogP) is 1.70. The van der Waals surface area contributed by atoms with Crippen LogP contribution in [-0.4, -0.2) is 38.2 Å². The summed E-state index contributed by atoms with van der Waals surface area (Å²) in [5.74, 6) is 0. The molecule has 22 heavy (non-hydrogen) atoms. The van der Waals surface area contributed by atoms with Gasteiger partial charge in [-0.1, -0.05) is 18.1 Å². The Hall–Kier alpha value is -1.63. The Morgan fingerprint density at radius 3 is 2.68 bits per heavy atom. The van der Waals surface area contributed by atoms with Gasteiger partial charge in [-0.05, 0) is 40.5 Å². The third-order valence-corrected chi connectivity index (χ3v) is 3.94. The van der Waals surface area contributed by atoms with E-state index in [1.165, 1.54) is 0 Å². The Balaban J connectivity index is 2.09. The molecule has 0 unspecified atom stereocenters. The lowest BCUT2D eigenvalue weighted by Crippen LogP contribution is -2.49. The van der Waals surface area contributed by atoms with Crippen LogP contribution in [-0.2, 0) is 5.60 Å². The fourth-order valence-electron chi connectivity index (χ4n) is 2.79. The lowest BCUT2D eigenvalue weighted by molar-refractivity contribution is 0.0736. The Bertz CT molecular complexity index is 506. The molecule has 124 valence electrons. The number of aliphatic hydroxyl groups is 1. The lowest BCUT2D eigenvalue weighted by Gasteiger charge is -2.32. The summed E-state index contributed by atoms with van der Waals surface area (Å²) in [5, 5.41) is 24.1. The molecule has 7 nitrogen and oxygen atoms in total. The molecule has 1 saturated carbocycles. The highest BCUT2D eigenvalue weighted by atomic mass is 16.3.